The van der Waals surface area contributed by atoms with Gasteiger partial charge in [0.1, 0.15) is 0 Å². The van der Waals surface area contributed by atoms with Crippen molar-refractivity contribution in [3.8, 4) is 0 Å². The van der Waals surface area contributed by atoms with Crippen molar-refractivity contribution in [1.29, 1.82) is 0 Å². The van der Waals surface area contributed by atoms with Crippen LogP contribution in [-0.4, -0.2) is 61.7 Å². The molecule has 1 saturated heterocycles. The Balaban J connectivity index is 2.50. The lowest BCUT2D eigenvalue weighted by molar-refractivity contribution is 0.0845. The maximum Gasteiger partial charge on any atom is 0.0221 e. The molecule has 1 fully saturated rings. The maximum absolute atomic E-state index is 3.70. The molecular weight excluding hydrogens is 222 g/mol. The van der Waals surface area contributed by atoms with Crippen LogP contribution in [0.25, 0.3) is 0 Å². The number of likely N-dealkylation sites (N-methyl/N-ethyl adjacent to an activating group) is 1. The number of likely N-dealkylation sites (tertiary alicyclic amines) is 1. The molecule has 3 heteroatoms. The van der Waals surface area contributed by atoms with Crippen LogP contribution >= 0.6 is 0 Å². The largest absolute Gasteiger partial charge is 0.312 e. The number of rotatable bonds is 7. The standard InChI is InChI=1S/C15H33N3/c1-6-10-16-15(7-2)13(3)18-11-8-9-14(12-18)17(4)5/h13-16H,6-12H2,1-5H3. The lowest BCUT2D eigenvalue weighted by Crippen LogP contribution is -2.54. The zero-order valence-electron chi connectivity index (χ0n) is 13.1. The van der Waals surface area contributed by atoms with Gasteiger partial charge < -0.3 is 10.2 Å². The average Bonchev–Trinajstić information content (AvgIpc) is 2.39. The van der Waals surface area contributed by atoms with Crippen molar-refractivity contribution in [3.05, 3.63) is 0 Å². The van der Waals surface area contributed by atoms with Gasteiger partial charge in [-0.2, -0.15) is 0 Å². The third kappa shape index (κ3) is 4.52. The van der Waals surface area contributed by atoms with Gasteiger partial charge in [0.25, 0.3) is 0 Å². The van der Waals surface area contributed by atoms with Crippen molar-refractivity contribution in [2.75, 3.05) is 33.7 Å². The lowest BCUT2D eigenvalue weighted by atomic mass is 9.99. The predicted molar refractivity (Wildman–Crippen MR) is 80.1 cm³/mol. The summed E-state index contributed by atoms with van der Waals surface area (Å²) in [6.07, 6.45) is 5.15. The first-order valence-electron chi connectivity index (χ1n) is 7.74. The number of nitrogens with zero attached hydrogens (tertiary/aromatic N) is 2. The summed E-state index contributed by atoms with van der Waals surface area (Å²) in [7, 11) is 4.43. The Labute approximate surface area is 114 Å². The first-order chi connectivity index (χ1) is 8.60. The molecule has 18 heavy (non-hydrogen) atoms. The highest BCUT2D eigenvalue weighted by atomic mass is 15.2. The van der Waals surface area contributed by atoms with Crippen LogP contribution in [0.3, 0.4) is 0 Å². The zero-order chi connectivity index (χ0) is 13.5. The molecule has 0 bridgehead atoms. The van der Waals surface area contributed by atoms with Gasteiger partial charge in [0.2, 0.25) is 0 Å². The smallest absolute Gasteiger partial charge is 0.0221 e. The van der Waals surface area contributed by atoms with E-state index in [1.165, 1.54) is 38.8 Å². The molecule has 1 rings (SSSR count). The van der Waals surface area contributed by atoms with Gasteiger partial charge in [-0.1, -0.05) is 13.8 Å². The van der Waals surface area contributed by atoms with Crippen LogP contribution in [0, 0.1) is 0 Å². The molecule has 1 aliphatic rings. The Kier molecular flexibility index (Phi) is 7.20. The lowest BCUT2D eigenvalue weighted by Gasteiger charge is -2.42. The van der Waals surface area contributed by atoms with Crippen molar-refractivity contribution in [3.63, 3.8) is 0 Å². The van der Waals surface area contributed by atoms with Crippen LogP contribution < -0.4 is 5.32 Å². The van der Waals surface area contributed by atoms with Crippen LogP contribution in [0.1, 0.15) is 46.5 Å². The van der Waals surface area contributed by atoms with E-state index >= 15 is 0 Å². The summed E-state index contributed by atoms with van der Waals surface area (Å²) in [5.41, 5.74) is 0. The van der Waals surface area contributed by atoms with Crippen molar-refractivity contribution >= 4 is 0 Å². The van der Waals surface area contributed by atoms with Crippen LogP contribution in [0.4, 0.5) is 0 Å². The van der Waals surface area contributed by atoms with Crippen molar-refractivity contribution < 1.29 is 0 Å². The minimum atomic E-state index is 0.644. The van der Waals surface area contributed by atoms with Gasteiger partial charge in [-0.15, -0.1) is 0 Å². The summed E-state index contributed by atoms with van der Waals surface area (Å²) in [6.45, 7) is 10.6. The summed E-state index contributed by atoms with van der Waals surface area (Å²) in [6, 6.07) is 2.04. The van der Waals surface area contributed by atoms with E-state index in [9.17, 15) is 0 Å². The number of piperidine rings is 1. The van der Waals surface area contributed by atoms with Gasteiger partial charge in [0, 0.05) is 24.7 Å². The van der Waals surface area contributed by atoms with E-state index in [1.54, 1.807) is 0 Å². The van der Waals surface area contributed by atoms with Crippen molar-refractivity contribution in [2.45, 2.75) is 64.6 Å². The Morgan fingerprint density at radius 3 is 2.61 bits per heavy atom. The molecule has 0 aromatic heterocycles. The number of hydrogen-bond acceptors (Lipinski definition) is 3. The van der Waals surface area contributed by atoms with Crippen LogP contribution in [0.2, 0.25) is 0 Å². The molecule has 1 aliphatic heterocycles. The van der Waals surface area contributed by atoms with E-state index in [2.05, 4.69) is 50.0 Å². The predicted octanol–water partition coefficient (Wildman–Crippen LogP) is 2.18. The van der Waals surface area contributed by atoms with Gasteiger partial charge in [-0.25, -0.2) is 0 Å². The summed E-state index contributed by atoms with van der Waals surface area (Å²) in [5.74, 6) is 0. The van der Waals surface area contributed by atoms with Crippen molar-refractivity contribution in [1.82, 2.24) is 15.1 Å². The molecule has 0 amide bonds. The van der Waals surface area contributed by atoms with Gasteiger partial charge in [-0.05, 0) is 59.8 Å². The third-order valence-electron chi connectivity index (χ3n) is 4.41. The second-order valence-electron chi connectivity index (χ2n) is 5.96. The Bertz CT molecular complexity index is 218. The summed E-state index contributed by atoms with van der Waals surface area (Å²) in [4.78, 5) is 5.07. The number of nitrogens with one attached hydrogen (secondary N) is 1. The topological polar surface area (TPSA) is 18.5 Å². The van der Waals surface area contributed by atoms with Gasteiger partial charge >= 0.3 is 0 Å². The molecule has 108 valence electrons. The molecule has 0 aliphatic carbocycles. The highest BCUT2D eigenvalue weighted by Crippen LogP contribution is 2.18. The fourth-order valence-corrected chi connectivity index (χ4v) is 3.01. The average molecular weight is 255 g/mol. The Morgan fingerprint density at radius 1 is 1.33 bits per heavy atom. The van der Waals surface area contributed by atoms with E-state index in [4.69, 9.17) is 0 Å². The van der Waals surface area contributed by atoms with E-state index in [0.29, 0.717) is 12.1 Å². The fraction of sp³-hybridized carbons (Fsp3) is 1.00. The second-order valence-corrected chi connectivity index (χ2v) is 5.96. The summed E-state index contributed by atoms with van der Waals surface area (Å²) in [5, 5.41) is 3.70. The Hall–Kier alpha value is -0.120. The molecule has 3 atom stereocenters. The zero-order valence-corrected chi connectivity index (χ0v) is 13.1. The molecule has 3 nitrogen and oxygen atoms in total. The molecule has 0 spiro atoms. The van der Waals surface area contributed by atoms with Gasteiger partial charge in [0.05, 0.1) is 0 Å². The molecule has 0 saturated carbocycles. The summed E-state index contributed by atoms with van der Waals surface area (Å²) >= 11 is 0. The maximum atomic E-state index is 3.70. The van der Waals surface area contributed by atoms with E-state index in [0.717, 1.165) is 12.6 Å². The highest BCUT2D eigenvalue weighted by Gasteiger charge is 2.27. The molecular formula is C15H33N3. The van der Waals surface area contributed by atoms with Gasteiger partial charge in [0.15, 0.2) is 0 Å². The second kappa shape index (κ2) is 8.13. The molecule has 0 aromatic carbocycles. The van der Waals surface area contributed by atoms with E-state index in [1.807, 2.05) is 0 Å². The quantitative estimate of drug-likeness (QED) is 0.752. The summed E-state index contributed by atoms with van der Waals surface area (Å²) < 4.78 is 0. The van der Waals surface area contributed by atoms with Crippen LogP contribution in [0.15, 0.2) is 0 Å². The molecule has 3 unspecified atom stereocenters. The van der Waals surface area contributed by atoms with E-state index in [-0.39, 0.29) is 0 Å². The molecule has 0 aromatic rings. The first kappa shape index (κ1) is 15.9. The molecule has 0 radical (unpaired) electrons. The number of hydrogen-bond donors (Lipinski definition) is 1. The molecule has 1 heterocycles. The molecule has 1 N–H and O–H groups in total. The van der Waals surface area contributed by atoms with Crippen molar-refractivity contribution in [2.24, 2.45) is 0 Å². The monoisotopic (exact) mass is 255 g/mol. The Morgan fingerprint density at radius 2 is 2.06 bits per heavy atom. The fourth-order valence-electron chi connectivity index (χ4n) is 3.01. The SMILES string of the molecule is CCCNC(CC)C(C)N1CCCC(N(C)C)C1. The van der Waals surface area contributed by atoms with E-state index < -0.39 is 0 Å². The minimum Gasteiger partial charge on any atom is -0.312 e. The third-order valence-corrected chi connectivity index (χ3v) is 4.41. The van der Waals surface area contributed by atoms with Crippen LogP contribution in [0.5, 0.6) is 0 Å². The first-order valence-corrected chi connectivity index (χ1v) is 7.74. The van der Waals surface area contributed by atoms with Crippen LogP contribution in [-0.2, 0) is 0 Å². The van der Waals surface area contributed by atoms with Gasteiger partial charge in [-0.3, -0.25) is 4.90 Å². The normalized spacial score (nSPS) is 25.3. The minimum absolute atomic E-state index is 0.644. The highest BCUT2D eigenvalue weighted by molar-refractivity contribution is 4.86.